The van der Waals surface area contributed by atoms with E-state index >= 15 is 0 Å². The summed E-state index contributed by atoms with van der Waals surface area (Å²) >= 11 is 0. The van der Waals surface area contributed by atoms with Crippen LogP contribution in [0.15, 0.2) is 37.2 Å². The van der Waals surface area contributed by atoms with Crippen molar-refractivity contribution in [2.45, 2.75) is 6.54 Å². The second-order valence-electron chi connectivity index (χ2n) is 3.49. The SMILES string of the molecule is C=Cn1cc(CNc2cc(F)ccc2F)cn1. The van der Waals surface area contributed by atoms with Gasteiger partial charge in [-0.05, 0) is 18.2 Å². The number of rotatable bonds is 4. The maximum atomic E-state index is 13.3. The number of hydrogen-bond acceptors (Lipinski definition) is 2. The lowest BCUT2D eigenvalue weighted by Crippen LogP contribution is -2.01. The third-order valence-corrected chi connectivity index (χ3v) is 2.25. The first-order valence-corrected chi connectivity index (χ1v) is 5.03. The highest BCUT2D eigenvalue weighted by Gasteiger charge is 2.04. The average Bonchev–Trinajstić information content (AvgIpc) is 2.78. The van der Waals surface area contributed by atoms with Gasteiger partial charge in [-0.3, -0.25) is 0 Å². The molecule has 0 atom stereocenters. The first-order chi connectivity index (χ1) is 8.19. The standard InChI is InChI=1S/C12H11F2N3/c1-2-17-8-9(7-16-17)6-15-12-5-10(13)3-4-11(12)14/h2-5,7-8,15H,1,6H2. The molecule has 0 saturated carbocycles. The Kier molecular flexibility index (Phi) is 3.18. The van der Waals surface area contributed by atoms with Crippen LogP contribution in [0.3, 0.4) is 0 Å². The summed E-state index contributed by atoms with van der Waals surface area (Å²) in [6.07, 6.45) is 4.93. The quantitative estimate of drug-likeness (QED) is 0.883. The highest BCUT2D eigenvalue weighted by atomic mass is 19.1. The predicted octanol–water partition coefficient (Wildman–Crippen LogP) is 2.87. The van der Waals surface area contributed by atoms with Crippen LogP contribution in [0.4, 0.5) is 14.5 Å². The Hall–Kier alpha value is -2.17. The number of benzene rings is 1. The minimum Gasteiger partial charge on any atom is -0.378 e. The summed E-state index contributed by atoms with van der Waals surface area (Å²) in [6.45, 7) is 3.93. The van der Waals surface area contributed by atoms with Gasteiger partial charge >= 0.3 is 0 Å². The molecule has 0 aliphatic carbocycles. The third kappa shape index (κ3) is 2.69. The molecule has 1 aromatic heterocycles. The van der Waals surface area contributed by atoms with Crippen molar-refractivity contribution in [2.24, 2.45) is 0 Å². The van der Waals surface area contributed by atoms with Gasteiger partial charge in [0, 0.05) is 24.5 Å². The Bertz CT molecular complexity index is 534. The van der Waals surface area contributed by atoms with Crippen LogP contribution >= 0.6 is 0 Å². The van der Waals surface area contributed by atoms with Crippen LogP contribution in [-0.2, 0) is 6.54 Å². The molecule has 0 saturated heterocycles. The molecule has 1 heterocycles. The molecule has 0 fully saturated rings. The van der Waals surface area contributed by atoms with Crippen molar-refractivity contribution in [1.29, 1.82) is 0 Å². The van der Waals surface area contributed by atoms with Crippen LogP contribution < -0.4 is 5.32 Å². The van der Waals surface area contributed by atoms with Crippen molar-refractivity contribution in [3.8, 4) is 0 Å². The van der Waals surface area contributed by atoms with Gasteiger partial charge in [0.25, 0.3) is 0 Å². The fraction of sp³-hybridized carbons (Fsp3) is 0.0833. The highest BCUT2D eigenvalue weighted by molar-refractivity contribution is 5.45. The van der Waals surface area contributed by atoms with Crippen molar-refractivity contribution in [3.05, 3.63) is 54.4 Å². The van der Waals surface area contributed by atoms with Crippen molar-refractivity contribution < 1.29 is 8.78 Å². The van der Waals surface area contributed by atoms with Gasteiger partial charge in [0.15, 0.2) is 0 Å². The Morgan fingerprint density at radius 2 is 2.24 bits per heavy atom. The topological polar surface area (TPSA) is 29.9 Å². The van der Waals surface area contributed by atoms with Crippen LogP contribution in [0.5, 0.6) is 0 Å². The fourth-order valence-electron chi connectivity index (χ4n) is 1.40. The lowest BCUT2D eigenvalue weighted by atomic mass is 10.2. The number of nitrogens with one attached hydrogen (secondary N) is 1. The minimum absolute atomic E-state index is 0.136. The summed E-state index contributed by atoms with van der Waals surface area (Å²) in [5.74, 6) is -0.960. The van der Waals surface area contributed by atoms with Crippen LogP contribution in [0.25, 0.3) is 6.20 Å². The van der Waals surface area contributed by atoms with Gasteiger partial charge in [-0.15, -0.1) is 0 Å². The highest BCUT2D eigenvalue weighted by Crippen LogP contribution is 2.16. The van der Waals surface area contributed by atoms with E-state index in [1.165, 1.54) is 0 Å². The van der Waals surface area contributed by atoms with Crippen molar-refractivity contribution in [3.63, 3.8) is 0 Å². The molecule has 0 unspecified atom stereocenters. The summed E-state index contributed by atoms with van der Waals surface area (Å²) < 4.78 is 27.7. The second-order valence-corrected chi connectivity index (χ2v) is 3.49. The normalized spacial score (nSPS) is 10.2. The molecule has 0 amide bonds. The maximum Gasteiger partial charge on any atom is 0.146 e. The van der Waals surface area contributed by atoms with Gasteiger partial charge in [-0.1, -0.05) is 6.58 Å². The van der Waals surface area contributed by atoms with Gasteiger partial charge in [-0.25, -0.2) is 13.5 Å². The zero-order valence-corrected chi connectivity index (χ0v) is 9.03. The largest absolute Gasteiger partial charge is 0.378 e. The third-order valence-electron chi connectivity index (χ3n) is 2.25. The molecule has 1 N–H and O–H groups in total. The molecular formula is C12H11F2N3. The molecule has 5 heteroatoms. The Balaban J connectivity index is 2.06. The summed E-state index contributed by atoms with van der Waals surface area (Å²) in [6, 6.07) is 3.29. The average molecular weight is 235 g/mol. The fourth-order valence-corrected chi connectivity index (χ4v) is 1.40. The van der Waals surface area contributed by atoms with Crippen LogP contribution in [0.1, 0.15) is 5.56 Å². The van der Waals surface area contributed by atoms with E-state index in [1.54, 1.807) is 23.3 Å². The van der Waals surface area contributed by atoms with Crippen LogP contribution in [0.2, 0.25) is 0 Å². The molecule has 0 aliphatic heterocycles. The first-order valence-electron chi connectivity index (χ1n) is 5.03. The monoisotopic (exact) mass is 235 g/mol. The van der Waals surface area contributed by atoms with Crippen molar-refractivity contribution in [2.75, 3.05) is 5.32 Å². The van der Waals surface area contributed by atoms with Crippen molar-refractivity contribution in [1.82, 2.24) is 9.78 Å². The van der Waals surface area contributed by atoms with E-state index in [0.29, 0.717) is 6.54 Å². The minimum atomic E-state index is -0.484. The zero-order valence-electron chi connectivity index (χ0n) is 9.03. The Morgan fingerprint density at radius 3 is 2.94 bits per heavy atom. The summed E-state index contributed by atoms with van der Waals surface area (Å²) in [5, 5.41) is 6.78. The first kappa shape index (κ1) is 11.3. The molecule has 0 aliphatic rings. The molecule has 0 radical (unpaired) electrons. The lowest BCUT2D eigenvalue weighted by molar-refractivity contribution is 0.602. The number of hydrogen-bond donors (Lipinski definition) is 1. The van der Waals surface area contributed by atoms with Gasteiger partial charge < -0.3 is 5.32 Å². The van der Waals surface area contributed by atoms with E-state index in [0.717, 1.165) is 23.8 Å². The van der Waals surface area contributed by atoms with E-state index in [1.807, 2.05) is 0 Å². The van der Waals surface area contributed by atoms with Crippen molar-refractivity contribution >= 4 is 11.9 Å². The lowest BCUT2D eigenvalue weighted by Gasteiger charge is -2.05. The Labute approximate surface area is 97.4 Å². The second kappa shape index (κ2) is 4.78. The van der Waals surface area contributed by atoms with Gasteiger partial charge in [0.05, 0.1) is 11.9 Å². The van der Waals surface area contributed by atoms with Gasteiger partial charge in [-0.2, -0.15) is 5.10 Å². The molecule has 88 valence electrons. The predicted molar refractivity (Wildman–Crippen MR) is 62.3 cm³/mol. The van der Waals surface area contributed by atoms with E-state index in [-0.39, 0.29) is 5.69 Å². The van der Waals surface area contributed by atoms with Crippen LogP contribution in [-0.4, -0.2) is 9.78 Å². The molecule has 17 heavy (non-hydrogen) atoms. The summed E-state index contributed by atoms with van der Waals surface area (Å²) in [4.78, 5) is 0. The molecule has 2 rings (SSSR count). The number of nitrogens with zero attached hydrogens (tertiary/aromatic N) is 2. The van der Waals surface area contributed by atoms with E-state index in [4.69, 9.17) is 0 Å². The molecule has 1 aromatic carbocycles. The van der Waals surface area contributed by atoms with Gasteiger partial charge in [0.2, 0.25) is 0 Å². The zero-order chi connectivity index (χ0) is 12.3. The maximum absolute atomic E-state index is 13.3. The number of halogens is 2. The molecular weight excluding hydrogens is 224 g/mol. The summed E-state index contributed by atoms with van der Waals surface area (Å²) in [7, 11) is 0. The van der Waals surface area contributed by atoms with Crippen LogP contribution in [0, 0.1) is 11.6 Å². The molecule has 0 bridgehead atoms. The Morgan fingerprint density at radius 1 is 1.41 bits per heavy atom. The smallest absolute Gasteiger partial charge is 0.146 e. The van der Waals surface area contributed by atoms with Gasteiger partial charge in [0.1, 0.15) is 11.6 Å². The van der Waals surface area contributed by atoms with E-state index in [9.17, 15) is 8.78 Å². The van der Waals surface area contributed by atoms with E-state index in [2.05, 4.69) is 17.0 Å². The molecule has 3 nitrogen and oxygen atoms in total. The summed E-state index contributed by atoms with van der Waals surface area (Å²) in [5.41, 5.74) is 0.991. The molecule has 0 spiro atoms. The number of aromatic nitrogens is 2. The molecule has 2 aromatic rings. The van der Waals surface area contributed by atoms with E-state index < -0.39 is 11.6 Å². The number of anilines is 1.